The third-order valence-electron chi connectivity index (χ3n) is 17.6. The Morgan fingerprint density at radius 3 is 1.25 bits per heavy atom. The zero-order chi connectivity index (χ0) is 48.4. The predicted molar refractivity (Wildman–Crippen MR) is 292 cm³/mol. The number of fused-ring (bicyclic) bond motifs is 6. The molecule has 6 aliphatic rings. The summed E-state index contributed by atoms with van der Waals surface area (Å²) >= 11 is 0. The molecule has 0 radical (unpaired) electrons. The molecule has 4 saturated carbocycles. The first kappa shape index (κ1) is 42.5. The summed E-state index contributed by atoms with van der Waals surface area (Å²) in [6.45, 7) is 4.79. The lowest BCUT2D eigenvalue weighted by atomic mass is 9.43. The minimum Gasteiger partial charge on any atom is -0.208 e. The molecule has 2 heterocycles. The van der Waals surface area contributed by atoms with Crippen molar-refractivity contribution in [1.29, 1.82) is 0 Å². The Kier molecular flexibility index (Phi) is 9.39. The highest BCUT2D eigenvalue weighted by molar-refractivity contribution is 5.98. The molecule has 0 aliphatic heterocycles. The van der Waals surface area contributed by atoms with Gasteiger partial charge in [0.05, 0.1) is 0 Å². The quantitative estimate of drug-likeness (QED) is 0.158. The molecule has 2 aromatic heterocycles. The van der Waals surface area contributed by atoms with Crippen molar-refractivity contribution in [3.8, 4) is 102 Å². The minimum atomic E-state index is -0.455. The van der Waals surface area contributed by atoms with Crippen LogP contribution in [0, 0.1) is 23.7 Å². The van der Waals surface area contributed by atoms with Gasteiger partial charge in [0.2, 0.25) is 0 Å². The number of rotatable bonds is 7. The first-order valence-electron chi connectivity index (χ1n) is 26.2. The van der Waals surface area contributed by atoms with Crippen molar-refractivity contribution >= 4 is 0 Å². The van der Waals surface area contributed by atoms with E-state index in [0.717, 1.165) is 56.3 Å². The van der Waals surface area contributed by atoms with Crippen LogP contribution in [0.2, 0.25) is 0 Å². The first-order chi connectivity index (χ1) is 35.9. The van der Waals surface area contributed by atoms with E-state index in [1.807, 2.05) is 72.8 Å². The molecule has 0 unspecified atom stereocenters. The highest BCUT2D eigenvalue weighted by atomic mass is 15.0. The smallest absolute Gasteiger partial charge is 0.164 e. The Labute approximate surface area is 426 Å². The maximum absolute atomic E-state index is 5.36. The molecule has 0 N–H and O–H groups in total. The summed E-state index contributed by atoms with van der Waals surface area (Å²) in [6, 6.07) is 69.5. The van der Waals surface area contributed by atoms with Gasteiger partial charge in [0.1, 0.15) is 0 Å². The van der Waals surface area contributed by atoms with Gasteiger partial charge >= 0.3 is 0 Å². The average molecular weight is 941 g/mol. The van der Waals surface area contributed by atoms with Crippen LogP contribution in [-0.2, 0) is 10.8 Å². The Balaban J connectivity index is 0.953. The van der Waals surface area contributed by atoms with E-state index in [-0.39, 0.29) is 5.41 Å². The molecule has 10 aromatic rings. The first-order valence-corrected chi connectivity index (χ1v) is 26.2. The van der Waals surface area contributed by atoms with Gasteiger partial charge in [-0.1, -0.05) is 190 Å². The van der Waals surface area contributed by atoms with Crippen LogP contribution in [-0.4, -0.2) is 29.9 Å². The maximum atomic E-state index is 5.36. The molecule has 6 aliphatic carbocycles. The molecule has 8 aromatic carbocycles. The molecule has 6 nitrogen and oxygen atoms in total. The zero-order valence-electron chi connectivity index (χ0n) is 41.0. The standard InChI is InChI=1S/C67H52N6/c1-66(2)56-39-47(64-70-60(42-17-7-3-8-18-42)68-61(71-64)43-19-9-4-10-20-43)28-30-53(56)58-54(65-72-62(44-21-11-5-12-22-44)69-63(73-65)45-23-13-6-14-24-45)32-31-50(59(58)66)46-27-29-52-51-25-15-16-26-55(51)67(57(52)38-46)48-34-40-33-41(36-48)37-49(67)35-40/h3-32,38-41,48-49H,33-37H2,1-2H3. The van der Waals surface area contributed by atoms with Crippen LogP contribution < -0.4 is 0 Å². The number of hydrogen-bond acceptors (Lipinski definition) is 6. The topological polar surface area (TPSA) is 77.3 Å². The minimum absolute atomic E-state index is 0.0557. The van der Waals surface area contributed by atoms with Gasteiger partial charge in [0.25, 0.3) is 0 Å². The van der Waals surface area contributed by atoms with E-state index in [0.29, 0.717) is 46.8 Å². The molecular formula is C67H52N6. The van der Waals surface area contributed by atoms with Crippen molar-refractivity contribution in [2.45, 2.75) is 56.8 Å². The Hall–Kier alpha value is -8.22. The summed E-state index contributed by atoms with van der Waals surface area (Å²) in [4.78, 5) is 31.3. The third-order valence-corrected chi connectivity index (χ3v) is 17.6. The Bertz CT molecular complexity index is 3690. The molecule has 4 fully saturated rings. The average Bonchev–Trinajstić information content (AvgIpc) is 3.96. The van der Waals surface area contributed by atoms with Crippen LogP contribution in [0.3, 0.4) is 0 Å². The Morgan fingerprint density at radius 1 is 0.315 bits per heavy atom. The van der Waals surface area contributed by atoms with Crippen molar-refractivity contribution in [1.82, 2.24) is 29.9 Å². The molecule has 0 amide bonds. The summed E-state index contributed by atoms with van der Waals surface area (Å²) in [5.74, 6) is 6.97. The molecule has 6 heteroatoms. The summed E-state index contributed by atoms with van der Waals surface area (Å²) in [5, 5.41) is 0. The van der Waals surface area contributed by atoms with Crippen LogP contribution in [0.4, 0.5) is 0 Å². The fourth-order valence-corrected chi connectivity index (χ4v) is 14.7. The number of hydrogen-bond donors (Lipinski definition) is 0. The highest BCUT2D eigenvalue weighted by Gasteiger charge is 2.61. The predicted octanol–water partition coefficient (Wildman–Crippen LogP) is 15.8. The van der Waals surface area contributed by atoms with E-state index >= 15 is 0 Å². The second-order valence-corrected chi connectivity index (χ2v) is 21.9. The van der Waals surface area contributed by atoms with Crippen molar-refractivity contribution < 1.29 is 0 Å². The molecule has 4 bridgehead atoms. The lowest BCUT2D eigenvalue weighted by Crippen LogP contribution is -2.55. The van der Waals surface area contributed by atoms with Gasteiger partial charge in [-0.2, -0.15) is 0 Å². The summed E-state index contributed by atoms with van der Waals surface area (Å²) in [5.41, 5.74) is 18.7. The molecular weight excluding hydrogens is 889 g/mol. The molecule has 0 atom stereocenters. The van der Waals surface area contributed by atoms with Crippen LogP contribution >= 0.6 is 0 Å². The summed E-state index contributed by atoms with van der Waals surface area (Å²) in [6.07, 6.45) is 6.83. The second kappa shape index (κ2) is 16.1. The monoisotopic (exact) mass is 940 g/mol. The lowest BCUT2D eigenvalue weighted by Gasteiger charge is -2.61. The highest BCUT2D eigenvalue weighted by Crippen LogP contribution is 2.70. The fraction of sp³-hybridized carbons (Fsp3) is 0.194. The van der Waals surface area contributed by atoms with Crippen molar-refractivity contribution in [2.75, 3.05) is 0 Å². The fourth-order valence-electron chi connectivity index (χ4n) is 14.7. The maximum Gasteiger partial charge on any atom is 0.164 e. The lowest BCUT2D eigenvalue weighted by molar-refractivity contribution is -0.0399. The molecule has 350 valence electrons. The Morgan fingerprint density at radius 2 is 0.712 bits per heavy atom. The second-order valence-electron chi connectivity index (χ2n) is 21.9. The van der Waals surface area contributed by atoms with Gasteiger partial charge in [-0.3, -0.25) is 0 Å². The van der Waals surface area contributed by atoms with E-state index in [1.54, 1.807) is 11.1 Å². The van der Waals surface area contributed by atoms with E-state index in [4.69, 9.17) is 29.9 Å². The van der Waals surface area contributed by atoms with E-state index in [2.05, 4.69) is 135 Å². The zero-order valence-corrected chi connectivity index (χ0v) is 41.0. The van der Waals surface area contributed by atoms with Crippen LogP contribution in [0.25, 0.3) is 102 Å². The van der Waals surface area contributed by atoms with E-state index in [1.165, 1.54) is 65.5 Å². The van der Waals surface area contributed by atoms with E-state index in [9.17, 15) is 0 Å². The van der Waals surface area contributed by atoms with Gasteiger partial charge in [0, 0.05) is 44.2 Å². The van der Waals surface area contributed by atoms with Crippen LogP contribution in [0.5, 0.6) is 0 Å². The molecule has 1 spiro atoms. The van der Waals surface area contributed by atoms with E-state index < -0.39 is 5.41 Å². The van der Waals surface area contributed by atoms with Gasteiger partial charge in [-0.25, -0.2) is 29.9 Å². The van der Waals surface area contributed by atoms with Crippen LogP contribution in [0.1, 0.15) is 68.2 Å². The van der Waals surface area contributed by atoms with Gasteiger partial charge in [-0.15, -0.1) is 0 Å². The third kappa shape index (κ3) is 6.48. The normalized spacial score (nSPS) is 21.2. The van der Waals surface area contributed by atoms with Crippen molar-refractivity contribution in [3.05, 3.63) is 216 Å². The van der Waals surface area contributed by atoms with Crippen molar-refractivity contribution in [2.24, 2.45) is 23.7 Å². The summed E-state index contributed by atoms with van der Waals surface area (Å²) in [7, 11) is 0. The SMILES string of the molecule is CC1(C)c2cc(-c3nc(-c4ccccc4)nc(-c4ccccc4)n3)ccc2-c2c(-c3nc(-c4ccccc4)nc(-c4ccccc4)n3)ccc(-c3ccc4c(c3)C3(c5ccccc5-4)C4CC5CC(C4)CC3C5)c21. The number of nitrogens with zero attached hydrogens (tertiary/aromatic N) is 6. The molecule has 16 rings (SSSR count). The van der Waals surface area contributed by atoms with Crippen LogP contribution in [0.15, 0.2) is 194 Å². The van der Waals surface area contributed by atoms with Gasteiger partial charge in [0.15, 0.2) is 34.9 Å². The molecule has 73 heavy (non-hydrogen) atoms. The largest absolute Gasteiger partial charge is 0.208 e. The van der Waals surface area contributed by atoms with Gasteiger partial charge < -0.3 is 0 Å². The van der Waals surface area contributed by atoms with Crippen molar-refractivity contribution in [3.63, 3.8) is 0 Å². The van der Waals surface area contributed by atoms with Gasteiger partial charge in [-0.05, 0) is 130 Å². The number of benzene rings is 8. The molecule has 0 saturated heterocycles. The summed E-state index contributed by atoms with van der Waals surface area (Å²) < 4.78 is 0. The number of aromatic nitrogens is 6.